The first-order chi connectivity index (χ1) is 8.79. The highest BCUT2D eigenvalue weighted by Gasteiger charge is 2.22. The largest absolute Gasteiger partial charge is 0.379 e. The lowest BCUT2D eigenvalue weighted by Gasteiger charge is -2.14. The van der Waals surface area contributed by atoms with Crippen LogP contribution in [-0.2, 0) is 11.2 Å². The van der Waals surface area contributed by atoms with Gasteiger partial charge in [0.1, 0.15) is 5.82 Å². The molecule has 1 aliphatic rings. The third kappa shape index (κ3) is 2.17. The topological polar surface area (TPSA) is 27.1 Å². The van der Waals surface area contributed by atoms with Gasteiger partial charge in [-0.05, 0) is 24.6 Å². The van der Waals surface area contributed by atoms with Crippen molar-refractivity contribution < 1.29 is 4.74 Å². The molecule has 3 nitrogen and oxygen atoms in total. The van der Waals surface area contributed by atoms with Gasteiger partial charge in [-0.1, -0.05) is 15.9 Å². The molecule has 1 aromatic carbocycles. The Bertz CT molecular complexity index is 563. The maximum atomic E-state index is 5.88. The zero-order valence-corrected chi connectivity index (χ0v) is 12.2. The Morgan fingerprint density at radius 2 is 2.39 bits per heavy atom. The number of rotatable bonds is 3. The highest BCUT2D eigenvalue weighted by atomic mass is 79.9. The van der Waals surface area contributed by atoms with Crippen LogP contribution in [0.4, 0.5) is 0 Å². The fourth-order valence-corrected chi connectivity index (χ4v) is 3.03. The van der Waals surface area contributed by atoms with E-state index in [1.54, 1.807) is 0 Å². The number of fused-ring (bicyclic) bond motifs is 1. The Balaban J connectivity index is 2.16. The molecule has 0 amide bonds. The Kier molecular flexibility index (Phi) is 3.59. The first kappa shape index (κ1) is 12.5. The van der Waals surface area contributed by atoms with Gasteiger partial charge in [0.15, 0.2) is 0 Å². The first-order valence-corrected chi connectivity index (χ1v) is 7.42. The van der Waals surface area contributed by atoms with Crippen LogP contribution in [0.3, 0.4) is 0 Å². The second-order valence-electron chi connectivity index (χ2n) is 4.49. The van der Waals surface area contributed by atoms with Crippen LogP contribution in [0.15, 0.2) is 22.7 Å². The van der Waals surface area contributed by atoms with Crippen LogP contribution in [0.25, 0.3) is 11.0 Å². The van der Waals surface area contributed by atoms with Gasteiger partial charge in [-0.25, -0.2) is 4.98 Å². The summed E-state index contributed by atoms with van der Waals surface area (Å²) < 4.78 is 8.88. The van der Waals surface area contributed by atoms with Crippen LogP contribution in [-0.4, -0.2) is 28.6 Å². The summed E-state index contributed by atoms with van der Waals surface area (Å²) in [5.74, 6) is 1.66. The van der Waals surface area contributed by atoms with Crippen molar-refractivity contribution >= 4 is 38.6 Å². The quantitative estimate of drug-likeness (QED) is 0.805. The molecule has 96 valence electrons. The van der Waals surface area contributed by atoms with Crippen molar-refractivity contribution in [2.24, 2.45) is 0 Å². The van der Waals surface area contributed by atoms with Crippen LogP contribution in [0.2, 0.25) is 0 Å². The van der Waals surface area contributed by atoms with Crippen molar-refractivity contribution in [2.45, 2.75) is 18.9 Å². The predicted molar refractivity (Wildman–Crippen MR) is 76.3 cm³/mol. The fraction of sp³-hybridized carbons (Fsp3) is 0.462. The average molecular weight is 330 g/mol. The van der Waals surface area contributed by atoms with E-state index in [2.05, 4.69) is 26.6 Å². The Labute approximate surface area is 119 Å². The van der Waals surface area contributed by atoms with Crippen LogP contribution >= 0.6 is 27.5 Å². The molecule has 0 saturated carbocycles. The molecule has 0 N–H and O–H groups in total. The summed E-state index contributed by atoms with van der Waals surface area (Å²) in [6, 6.07) is 6.58. The summed E-state index contributed by atoms with van der Waals surface area (Å²) in [7, 11) is 0. The molecular formula is C13H14BrClN2O. The van der Waals surface area contributed by atoms with E-state index in [1.807, 2.05) is 12.1 Å². The van der Waals surface area contributed by atoms with Gasteiger partial charge < -0.3 is 9.30 Å². The van der Waals surface area contributed by atoms with Gasteiger partial charge in [0.05, 0.1) is 23.7 Å². The SMILES string of the molecule is ClCCc1nc2ccc(Br)cc2n1C1CCOC1. The summed E-state index contributed by atoms with van der Waals surface area (Å²) >= 11 is 9.40. The van der Waals surface area contributed by atoms with Crippen LogP contribution in [0.5, 0.6) is 0 Å². The number of halogens is 2. The molecule has 1 aliphatic heterocycles. The number of alkyl halides is 1. The summed E-state index contributed by atoms with van der Waals surface area (Å²) in [6.45, 7) is 1.60. The molecule has 0 spiro atoms. The number of hydrogen-bond donors (Lipinski definition) is 0. The standard InChI is InChI=1S/C13H14BrClN2O/c14-9-1-2-11-12(7-9)17(10-4-6-18-8-10)13(16-11)3-5-15/h1-2,7,10H,3-6,8H2. The lowest BCUT2D eigenvalue weighted by molar-refractivity contribution is 0.186. The average Bonchev–Trinajstić information content (AvgIpc) is 2.95. The maximum Gasteiger partial charge on any atom is 0.111 e. The van der Waals surface area contributed by atoms with Crippen molar-refractivity contribution in [3.8, 4) is 0 Å². The second kappa shape index (κ2) is 5.19. The minimum atomic E-state index is 0.391. The van der Waals surface area contributed by atoms with Gasteiger partial charge in [-0.2, -0.15) is 0 Å². The molecule has 1 atom stereocenters. The van der Waals surface area contributed by atoms with Crippen molar-refractivity contribution in [1.29, 1.82) is 0 Å². The third-order valence-electron chi connectivity index (χ3n) is 3.31. The highest BCUT2D eigenvalue weighted by molar-refractivity contribution is 9.10. The molecule has 1 unspecified atom stereocenters. The number of nitrogens with zero attached hydrogens (tertiary/aromatic N) is 2. The van der Waals surface area contributed by atoms with E-state index >= 15 is 0 Å². The van der Waals surface area contributed by atoms with Crippen molar-refractivity contribution in [1.82, 2.24) is 9.55 Å². The van der Waals surface area contributed by atoms with Crippen molar-refractivity contribution in [2.75, 3.05) is 19.1 Å². The minimum absolute atomic E-state index is 0.391. The molecule has 0 radical (unpaired) electrons. The predicted octanol–water partition coefficient (Wildman–Crippen LogP) is 3.54. The van der Waals surface area contributed by atoms with Gasteiger partial charge in [0.2, 0.25) is 0 Å². The van der Waals surface area contributed by atoms with E-state index in [0.717, 1.165) is 41.9 Å². The fourth-order valence-electron chi connectivity index (χ4n) is 2.51. The van der Waals surface area contributed by atoms with E-state index < -0.39 is 0 Å². The zero-order chi connectivity index (χ0) is 12.5. The van der Waals surface area contributed by atoms with E-state index in [4.69, 9.17) is 21.3 Å². The molecule has 1 fully saturated rings. The third-order valence-corrected chi connectivity index (χ3v) is 4.00. The van der Waals surface area contributed by atoms with Gasteiger partial charge >= 0.3 is 0 Å². The molecule has 3 rings (SSSR count). The van der Waals surface area contributed by atoms with Gasteiger partial charge in [-0.15, -0.1) is 11.6 Å². The summed E-state index contributed by atoms with van der Waals surface area (Å²) in [5.41, 5.74) is 2.20. The van der Waals surface area contributed by atoms with Gasteiger partial charge in [0.25, 0.3) is 0 Å². The minimum Gasteiger partial charge on any atom is -0.379 e. The van der Waals surface area contributed by atoms with Crippen LogP contribution < -0.4 is 0 Å². The Hall–Kier alpha value is -0.580. The molecule has 2 heterocycles. The zero-order valence-electron chi connectivity index (χ0n) is 9.90. The maximum absolute atomic E-state index is 5.88. The number of aromatic nitrogens is 2. The monoisotopic (exact) mass is 328 g/mol. The molecule has 2 aromatic rings. The molecule has 1 saturated heterocycles. The highest BCUT2D eigenvalue weighted by Crippen LogP contribution is 2.29. The van der Waals surface area contributed by atoms with Gasteiger partial charge in [-0.3, -0.25) is 0 Å². The number of hydrogen-bond acceptors (Lipinski definition) is 2. The molecule has 18 heavy (non-hydrogen) atoms. The lowest BCUT2D eigenvalue weighted by Crippen LogP contribution is -2.12. The van der Waals surface area contributed by atoms with Crippen LogP contribution in [0.1, 0.15) is 18.3 Å². The van der Waals surface area contributed by atoms with E-state index in [1.165, 1.54) is 5.52 Å². The Morgan fingerprint density at radius 3 is 3.11 bits per heavy atom. The van der Waals surface area contributed by atoms with E-state index in [0.29, 0.717) is 11.9 Å². The number of aryl methyl sites for hydroxylation is 1. The van der Waals surface area contributed by atoms with Crippen molar-refractivity contribution in [3.05, 3.63) is 28.5 Å². The number of ether oxygens (including phenoxy) is 1. The van der Waals surface area contributed by atoms with E-state index in [9.17, 15) is 0 Å². The molecular weight excluding hydrogens is 316 g/mol. The number of imidazole rings is 1. The lowest BCUT2D eigenvalue weighted by atomic mass is 10.2. The summed E-state index contributed by atoms with van der Waals surface area (Å²) in [5, 5.41) is 0. The Morgan fingerprint density at radius 1 is 1.50 bits per heavy atom. The number of benzene rings is 1. The summed E-state index contributed by atoms with van der Waals surface area (Å²) in [4.78, 5) is 4.69. The molecule has 1 aromatic heterocycles. The van der Waals surface area contributed by atoms with Crippen LogP contribution in [0, 0.1) is 0 Å². The molecule has 0 bridgehead atoms. The van der Waals surface area contributed by atoms with E-state index in [-0.39, 0.29) is 0 Å². The summed E-state index contributed by atoms with van der Waals surface area (Å²) in [6.07, 6.45) is 1.84. The van der Waals surface area contributed by atoms with Crippen molar-refractivity contribution in [3.63, 3.8) is 0 Å². The normalized spacial score (nSPS) is 19.8. The van der Waals surface area contributed by atoms with Gasteiger partial charge in [0, 0.05) is 23.4 Å². The smallest absolute Gasteiger partial charge is 0.111 e. The molecule has 5 heteroatoms. The first-order valence-electron chi connectivity index (χ1n) is 6.09. The second-order valence-corrected chi connectivity index (χ2v) is 5.78. The molecule has 0 aliphatic carbocycles.